The van der Waals surface area contributed by atoms with E-state index in [-0.39, 0.29) is 0 Å². The van der Waals surface area contributed by atoms with Crippen LogP contribution in [0.4, 0.5) is 0 Å². The maximum atomic E-state index is 6.88. The largest absolute Gasteiger partial charge is 0.455 e. The van der Waals surface area contributed by atoms with Gasteiger partial charge in [-0.15, -0.1) is 0 Å². The first kappa shape index (κ1) is 31.3. The van der Waals surface area contributed by atoms with Crippen molar-refractivity contribution in [1.82, 2.24) is 14.1 Å². The SMILES string of the molecule is c1ccc(-c2nc3cc(-c4cc5c(oc6cccc(-n7c8ccccc8c8cc9c%10ccccc%10n(-c%10ccccc%10)c9cc87)c65)c5ccccc45)ccc3o2)cc1. The van der Waals surface area contributed by atoms with Crippen molar-refractivity contribution in [2.75, 3.05) is 0 Å². The predicted octanol–water partition coefficient (Wildman–Crippen LogP) is 14.4. The minimum atomic E-state index is 0.617. The van der Waals surface area contributed by atoms with Gasteiger partial charge in [0.25, 0.3) is 0 Å². The van der Waals surface area contributed by atoms with Crippen molar-refractivity contribution in [3.63, 3.8) is 0 Å². The van der Waals surface area contributed by atoms with Gasteiger partial charge in [-0.25, -0.2) is 4.98 Å². The summed E-state index contributed by atoms with van der Waals surface area (Å²) in [5, 5.41) is 9.22. The molecule has 13 aromatic rings. The second kappa shape index (κ2) is 11.8. The van der Waals surface area contributed by atoms with Gasteiger partial charge in [-0.2, -0.15) is 0 Å². The van der Waals surface area contributed by atoms with Gasteiger partial charge < -0.3 is 18.0 Å². The summed E-state index contributed by atoms with van der Waals surface area (Å²) in [6.07, 6.45) is 0. The third-order valence-corrected chi connectivity index (χ3v) is 11.9. The Morgan fingerprint density at radius 1 is 0.379 bits per heavy atom. The monoisotopic (exact) mass is 741 g/mol. The molecule has 0 radical (unpaired) electrons. The highest BCUT2D eigenvalue weighted by Gasteiger charge is 2.23. The molecule has 5 heteroatoms. The Labute approximate surface area is 331 Å². The van der Waals surface area contributed by atoms with Gasteiger partial charge in [0.15, 0.2) is 5.58 Å². The Balaban J connectivity index is 1.10. The average Bonchev–Trinajstić information content (AvgIpc) is 4.05. The number of hydrogen-bond donors (Lipinski definition) is 0. The van der Waals surface area contributed by atoms with Crippen LogP contribution in [0.25, 0.3) is 121 Å². The molecule has 0 saturated carbocycles. The highest BCUT2D eigenvalue weighted by molar-refractivity contribution is 6.23. The summed E-state index contributed by atoms with van der Waals surface area (Å²) >= 11 is 0. The third-order valence-electron chi connectivity index (χ3n) is 11.9. The Kier molecular flexibility index (Phi) is 6.38. The van der Waals surface area contributed by atoms with Gasteiger partial charge in [0.05, 0.1) is 33.1 Å². The van der Waals surface area contributed by atoms with Crippen LogP contribution in [0, 0.1) is 0 Å². The fourth-order valence-corrected chi connectivity index (χ4v) is 9.40. The number of oxazole rings is 1. The molecule has 0 aliphatic carbocycles. The highest BCUT2D eigenvalue weighted by Crippen LogP contribution is 2.45. The molecule has 0 amide bonds. The molecule has 270 valence electrons. The van der Waals surface area contributed by atoms with Gasteiger partial charge in [-0.3, -0.25) is 0 Å². The molecule has 0 fully saturated rings. The van der Waals surface area contributed by atoms with Crippen LogP contribution >= 0.6 is 0 Å². The van der Waals surface area contributed by atoms with E-state index in [2.05, 4.69) is 161 Å². The van der Waals surface area contributed by atoms with E-state index in [1.54, 1.807) is 0 Å². The molecule has 0 bridgehead atoms. The Bertz CT molecular complexity index is 3790. The minimum Gasteiger partial charge on any atom is -0.455 e. The van der Waals surface area contributed by atoms with E-state index in [0.29, 0.717) is 5.89 Å². The van der Waals surface area contributed by atoms with Crippen molar-refractivity contribution in [2.24, 2.45) is 0 Å². The maximum Gasteiger partial charge on any atom is 0.227 e. The molecule has 0 atom stereocenters. The van der Waals surface area contributed by atoms with Gasteiger partial charge >= 0.3 is 0 Å². The van der Waals surface area contributed by atoms with Crippen LogP contribution in [0.2, 0.25) is 0 Å². The number of hydrogen-bond acceptors (Lipinski definition) is 3. The fourth-order valence-electron chi connectivity index (χ4n) is 9.40. The summed E-state index contributed by atoms with van der Waals surface area (Å²) in [4.78, 5) is 4.93. The molecule has 0 aliphatic heterocycles. The summed E-state index contributed by atoms with van der Waals surface area (Å²) in [6.45, 7) is 0. The zero-order valence-electron chi connectivity index (χ0n) is 31.1. The summed E-state index contributed by atoms with van der Waals surface area (Å²) < 4.78 is 17.9. The number of nitrogens with zero attached hydrogens (tertiary/aromatic N) is 3. The van der Waals surface area contributed by atoms with Crippen molar-refractivity contribution < 1.29 is 8.83 Å². The lowest BCUT2D eigenvalue weighted by molar-refractivity contribution is 0.620. The number of furan rings is 1. The molecule has 4 heterocycles. The lowest BCUT2D eigenvalue weighted by atomic mass is 9.95. The Morgan fingerprint density at radius 2 is 1.03 bits per heavy atom. The van der Waals surface area contributed by atoms with Crippen molar-refractivity contribution >= 4 is 87.4 Å². The van der Waals surface area contributed by atoms with E-state index in [1.807, 2.05) is 36.4 Å². The summed E-state index contributed by atoms with van der Waals surface area (Å²) in [6, 6.07) is 66.7. The Morgan fingerprint density at radius 3 is 1.81 bits per heavy atom. The van der Waals surface area contributed by atoms with Crippen LogP contribution in [0.15, 0.2) is 197 Å². The first-order valence-corrected chi connectivity index (χ1v) is 19.6. The summed E-state index contributed by atoms with van der Waals surface area (Å²) in [7, 11) is 0. The molecule has 0 saturated heterocycles. The van der Waals surface area contributed by atoms with E-state index < -0.39 is 0 Å². The highest BCUT2D eigenvalue weighted by atomic mass is 16.3. The zero-order chi connectivity index (χ0) is 37.9. The van der Waals surface area contributed by atoms with Gasteiger partial charge in [0, 0.05) is 43.6 Å². The van der Waals surface area contributed by atoms with Crippen LogP contribution in [0.3, 0.4) is 0 Å². The second-order valence-electron chi connectivity index (χ2n) is 15.1. The van der Waals surface area contributed by atoms with Gasteiger partial charge in [-0.1, -0.05) is 109 Å². The van der Waals surface area contributed by atoms with E-state index >= 15 is 0 Å². The Hall–Kier alpha value is -7.89. The van der Waals surface area contributed by atoms with Crippen molar-refractivity contribution in [3.05, 3.63) is 188 Å². The van der Waals surface area contributed by atoms with E-state index in [4.69, 9.17) is 13.8 Å². The van der Waals surface area contributed by atoms with Gasteiger partial charge in [0.2, 0.25) is 5.89 Å². The first-order chi connectivity index (χ1) is 28.8. The van der Waals surface area contributed by atoms with Crippen LogP contribution in [0.1, 0.15) is 0 Å². The molecule has 58 heavy (non-hydrogen) atoms. The van der Waals surface area contributed by atoms with Crippen molar-refractivity contribution in [3.8, 4) is 34.0 Å². The number of benzene rings is 9. The third kappa shape index (κ3) is 4.38. The van der Waals surface area contributed by atoms with E-state index in [1.165, 1.54) is 32.6 Å². The molecular formula is C53H31N3O2. The number of aromatic nitrogens is 3. The standard InChI is InChI=1S/C53H31N3O2/c1-3-14-32(15-4-1)53-54-43-28-33(26-27-49(43)58-53)39-29-42-51-46(24-13-25-50(51)57-52(42)38-21-8-7-18-35(38)39)56-45-23-12-10-20-37(45)41-30-40-36-19-9-11-22-44(36)55(47(40)31-48(41)56)34-16-5-2-6-17-34/h1-31H. The normalized spacial score (nSPS) is 12.1. The number of fused-ring (bicyclic) bond motifs is 12. The molecule has 0 unspecified atom stereocenters. The lowest BCUT2D eigenvalue weighted by Gasteiger charge is -2.12. The average molecular weight is 742 g/mol. The number of rotatable bonds is 4. The van der Waals surface area contributed by atoms with Crippen molar-refractivity contribution in [2.45, 2.75) is 0 Å². The maximum absolute atomic E-state index is 6.88. The molecule has 0 spiro atoms. The quantitative estimate of drug-likeness (QED) is 0.180. The van der Waals surface area contributed by atoms with Crippen LogP contribution in [0.5, 0.6) is 0 Å². The topological polar surface area (TPSA) is 49.0 Å². The molecular weight excluding hydrogens is 711 g/mol. The van der Waals surface area contributed by atoms with Crippen LogP contribution in [-0.4, -0.2) is 14.1 Å². The van der Waals surface area contributed by atoms with Gasteiger partial charge in [-0.05, 0) is 95.4 Å². The summed E-state index contributed by atoms with van der Waals surface area (Å²) in [5.41, 5.74) is 13.3. The van der Waals surface area contributed by atoms with E-state index in [0.717, 1.165) is 82.9 Å². The van der Waals surface area contributed by atoms with E-state index in [9.17, 15) is 0 Å². The van der Waals surface area contributed by atoms with Gasteiger partial charge in [0.1, 0.15) is 16.7 Å². The molecule has 0 N–H and O–H groups in total. The molecule has 0 aliphatic rings. The summed E-state index contributed by atoms with van der Waals surface area (Å²) in [5.74, 6) is 0.617. The molecule has 4 aromatic heterocycles. The first-order valence-electron chi connectivity index (χ1n) is 19.6. The minimum absolute atomic E-state index is 0.617. The van der Waals surface area contributed by atoms with Crippen LogP contribution < -0.4 is 0 Å². The fraction of sp³-hybridized carbons (Fsp3) is 0. The molecule has 9 aromatic carbocycles. The molecule has 5 nitrogen and oxygen atoms in total. The smallest absolute Gasteiger partial charge is 0.227 e. The predicted molar refractivity (Wildman–Crippen MR) is 238 cm³/mol. The number of para-hydroxylation sites is 3. The van der Waals surface area contributed by atoms with Crippen molar-refractivity contribution in [1.29, 1.82) is 0 Å². The lowest BCUT2D eigenvalue weighted by Crippen LogP contribution is -1.96. The second-order valence-corrected chi connectivity index (χ2v) is 15.1. The van der Waals surface area contributed by atoms with Crippen LogP contribution in [-0.2, 0) is 0 Å². The molecule has 13 rings (SSSR count). The zero-order valence-corrected chi connectivity index (χ0v) is 31.1.